The number of amides is 1. The molecule has 4 rings (SSSR count). The number of ether oxygens (including phenoxy) is 1. The number of halogens is 1. The molecule has 2 aromatic heterocycles. The first-order valence-electron chi connectivity index (χ1n) is 8.98. The molecule has 0 atom stereocenters. The molecule has 1 fully saturated rings. The minimum Gasteiger partial charge on any atom is -0.447 e. The number of H-pyrrole nitrogens is 1. The van der Waals surface area contributed by atoms with E-state index in [1.165, 1.54) is 0 Å². The van der Waals surface area contributed by atoms with Crippen molar-refractivity contribution in [1.29, 1.82) is 0 Å². The summed E-state index contributed by atoms with van der Waals surface area (Å²) in [5.41, 5.74) is 2.84. The molecule has 3 heterocycles. The number of rotatable bonds is 5. The maximum absolute atomic E-state index is 12.3. The van der Waals surface area contributed by atoms with Gasteiger partial charge in [-0.2, -0.15) is 0 Å². The van der Waals surface area contributed by atoms with Crippen LogP contribution in [0.4, 0.5) is 16.3 Å². The third-order valence-electron chi connectivity index (χ3n) is 4.59. The van der Waals surface area contributed by atoms with Gasteiger partial charge in [0.05, 0.1) is 12.2 Å². The first kappa shape index (κ1) is 18.3. The summed E-state index contributed by atoms with van der Waals surface area (Å²) in [4.78, 5) is 33.0. The number of aromatic amines is 1. The van der Waals surface area contributed by atoms with Crippen molar-refractivity contribution in [1.82, 2.24) is 9.97 Å². The molecule has 0 radical (unpaired) electrons. The topological polar surface area (TPSA) is 87.3 Å². The molecule has 2 N–H and O–H groups in total. The van der Waals surface area contributed by atoms with Crippen LogP contribution in [0.5, 0.6) is 0 Å². The number of carbonyl (C=O) groups is 1. The Morgan fingerprint density at radius 2 is 2.11 bits per heavy atom. The second-order valence-corrected chi connectivity index (χ2v) is 7.09. The third-order valence-corrected chi connectivity index (χ3v) is 4.83. The highest BCUT2D eigenvalue weighted by atomic mass is 35.5. The van der Waals surface area contributed by atoms with Crippen LogP contribution in [-0.2, 0) is 11.2 Å². The predicted octanol–water partition coefficient (Wildman–Crippen LogP) is 3.50. The number of anilines is 2. The van der Waals surface area contributed by atoms with E-state index in [0.29, 0.717) is 42.5 Å². The Hall–Kier alpha value is -3.06. The average Bonchev–Trinajstić information content (AvgIpc) is 3.08. The van der Waals surface area contributed by atoms with Gasteiger partial charge in [-0.3, -0.25) is 9.69 Å². The van der Waals surface area contributed by atoms with E-state index in [1.807, 2.05) is 31.2 Å². The number of aromatic nitrogens is 2. The number of nitrogens with zero attached hydrogens (tertiary/aromatic N) is 2. The Balaban J connectivity index is 1.49. The zero-order valence-electron chi connectivity index (χ0n) is 15.3. The molecule has 3 aromatic rings. The number of cyclic esters (lactones) is 1. The van der Waals surface area contributed by atoms with Gasteiger partial charge in [-0.25, -0.2) is 9.78 Å². The van der Waals surface area contributed by atoms with Crippen LogP contribution < -0.4 is 15.8 Å². The molecule has 144 valence electrons. The molecule has 0 aliphatic carbocycles. The van der Waals surface area contributed by atoms with Crippen LogP contribution in [0.2, 0.25) is 5.02 Å². The highest BCUT2D eigenvalue weighted by molar-refractivity contribution is 6.31. The summed E-state index contributed by atoms with van der Waals surface area (Å²) in [5.74, 6) is 0.648. The molecule has 0 saturated carbocycles. The first-order chi connectivity index (χ1) is 13.5. The van der Waals surface area contributed by atoms with Crippen LogP contribution in [0.1, 0.15) is 11.3 Å². The number of nitrogens with one attached hydrogen (secondary N) is 2. The second-order valence-electron chi connectivity index (χ2n) is 6.65. The zero-order chi connectivity index (χ0) is 19.7. The summed E-state index contributed by atoms with van der Waals surface area (Å²) in [6.45, 7) is 3.30. The van der Waals surface area contributed by atoms with Crippen molar-refractivity contribution in [2.24, 2.45) is 0 Å². The van der Waals surface area contributed by atoms with Crippen molar-refractivity contribution in [3.8, 4) is 0 Å². The molecule has 1 amide bonds. The molecule has 0 spiro atoms. The van der Waals surface area contributed by atoms with Gasteiger partial charge in [0.1, 0.15) is 12.4 Å². The van der Waals surface area contributed by atoms with E-state index in [0.717, 1.165) is 22.3 Å². The van der Waals surface area contributed by atoms with Gasteiger partial charge in [-0.15, -0.1) is 0 Å². The van der Waals surface area contributed by atoms with Crippen LogP contribution in [0.3, 0.4) is 0 Å². The monoisotopic (exact) mass is 398 g/mol. The van der Waals surface area contributed by atoms with Crippen molar-refractivity contribution < 1.29 is 9.53 Å². The Bertz CT molecular complexity index is 1110. The fraction of sp³-hybridized carbons (Fsp3) is 0.250. The standard InChI is InChI=1S/C20H19ClN4O3/c1-12-8-16(25-6-7-28-20(25)27)11-18(23-12)22-5-4-13-9-14-10-15(21)2-3-17(14)24-19(13)26/h2-3,8-11H,4-7H2,1H3,(H,22,23)(H,24,26). The maximum atomic E-state index is 12.3. The Morgan fingerprint density at radius 3 is 2.89 bits per heavy atom. The maximum Gasteiger partial charge on any atom is 0.414 e. The van der Waals surface area contributed by atoms with Crippen molar-refractivity contribution in [2.75, 3.05) is 29.9 Å². The lowest BCUT2D eigenvalue weighted by Gasteiger charge is -2.15. The summed E-state index contributed by atoms with van der Waals surface area (Å²) in [5, 5.41) is 4.75. The molecule has 8 heteroatoms. The summed E-state index contributed by atoms with van der Waals surface area (Å²) >= 11 is 6.04. The normalized spacial score (nSPS) is 13.8. The number of fused-ring (bicyclic) bond motifs is 1. The lowest BCUT2D eigenvalue weighted by Crippen LogP contribution is -2.23. The highest BCUT2D eigenvalue weighted by Crippen LogP contribution is 2.23. The Morgan fingerprint density at radius 1 is 1.25 bits per heavy atom. The number of hydrogen-bond acceptors (Lipinski definition) is 5. The number of carbonyl (C=O) groups excluding carboxylic acids is 1. The van der Waals surface area contributed by atoms with E-state index < -0.39 is 0 Å². The van der Waals surface area contributed by atoms with Crippen molar-refractivity contribution in [3.63, 3.8) is 0 Å². The second kappa shape index (κ2) is 7.52. The molecule has 1 aromatic carbocycles. The van der Waals surface area contributed by atoms with E-state index in [1.54, 1.807) is 17.0 Å². The lowest BCUT2D eigenvalue weighted by molar-refractivity contribution is 0.181. The highest BCUT2D eigenvalue weighted by Gasteiger charge is 2.24. The van der Waals surface area contributed by atoms with E-state index in [-0.39, 0.29) is 11.7 Å². The van der Waals surface area contributed by atoms with Gasteiger partial charge in [-0.1, -0.05) is 11.6 Å². The summed E-state index contributed by atoms with van der Waals surface area (Å²) in [7, 11) is 0. The number of pyridine rings is 2. The molecule has 1 saturated heterocycles. The smallest absolute Gasteiger partial charge is 0.414 e. The molecule has 0 bridgehead atoms. The van der Waals surface area contributed by atoms with Gasteiger partial charge in [-0.05, 0) is 49.1 Å². The van der Waals surface area contributed by atoms with Gasteiger partial charge in [0.25, 0.3) is 5.56 Å². The average molecular weight is 399 g/mol. The van der Waals surface area contributed by atoms with Crippen LogP contribution in [-0.4, -0.2) is 35.8 Å². The quantitative estimate of drug-likeness (QED) is 0.686. The Kier molecular flexibility index (Phi) is 4.92. The molecular formula is C20H19ClN4O3. The third kappa shape index (κ3) is 3.80. The van der Waals surface area contributed by atoms with Crippen molar-refractivity contribution >= 4 is 40.1 Å². The van der Waals surface area contributed by atoms with Gasteiger partial charge in [0.2, 0.25) is 0 Å². The predicted molar refractivity (Wildman–Crippen MR) is 109 cm³/mol. The minimum absolute atomic E-state index is 0.116. The fourth-order valence-corrected chi connectivity index (χ4v) is 3.44. The zero-order valence-corrected chi connectivity index (χ0v) is 16.0. The molecular weight excluding hydrogens is 380 g/mol. The molecule has 7 nitrogen and oxygen atoms in total. The van der Waals surface area contributed by atoms with E-state index in [9.17, 15) is 9.59 Å². The van der Waals surface area contributed by atoms with Gasteiger partial charge < -0.3 is 15.0 Å². The first-order valence-corrected chi connectivity index (χ1v) is 9.36. The fourth-order valence-electron chi connectivity index (χ4n) is 3.26. The summed E-state index contributed by atoms with van der Waals surface area (Å²) in [6, 6.07) is 10.9. The molecule has 0 unspecified atom stereocenters. The van der Waals surface area contributed by atoms with Crippen LogP contribution >= 0.6 is 11.6 Å². The SMILES string of the molecule is Cc1cc(N2CCOC2=O)cc(NCCc2cc3cc(Cl)ccc3[nH]c2=O)n1. The van der Waals surface area contributed by atoms with E-state index in [2.05, 4.69) is 15.3 Å². The van der Waals surface area contributed by atoms with Gasteiger partial charge in [0.15, 0.2) is 0 Å². The summed E-state index contributed by atoms with van der Waals surface area (Å²) < 4.78 is 4.99. The number of aryl methyl sites for hydroxylation is 1. The minimum atomic E-state index is -0.349. The van der Waals surface area contributed by atoms with E-state index >= 15 is 0 Å². The lowest BCUT2D eigenvalue weighted by atomic mass is 10.1. The molecule has 1 aliphatic rings. The number of benzene rings is 1. The molecule has 1 aliphatic heterocycles. The number of hydrogen-bond donors (Lipinski definition) is 2. The van der Waals surface area contributed by atoms with E-state index in [4.69, 9.17) is 16.3 Å². The molecule has 28 heavy (non-hydrogen) atoms. The largest absolute Gasteiger partial charge is 0.447 e. The van der Waals surface area contributed by atoms with Gasteiger partial charge in [0, 0.05) is 34.4 Å². The van der Waals surface area contributed by atoms with Crippen LogP contribution in [0.15, 0.2) is 41.2 Å². The van der Waals surface area contributed by atoms with Crippen molar-refractivity contribution in [3.05, 3.63) is 63.0 Å². The van der Waals surface area contributed by atoms with Crippen LogP contribution in [0.25, 0.3) is 10.9 Å². The van der Waals surface area contributed by atoms with Crippen molar-refractivity contribution in [2.45, 2.75) is 13.3 Å². The van der Waals surface area contributed by atoms with Crippen LogP contribution in [0, 0.1) is 6.92 Å². The van der Waals surface area contributed by atoms with Gasteiger partial charge >= 0.3 is 6.09 Å². The summed E-state index contributed by atoms with van der Waals surface area (Å²) in [6.07, 6.45) is 0.173. The Labute approximate surface area is 166 Å².